The van der Waals surface area contributed by atoms with E-state index in [0.717, 1.165) is 25.8 Å². The van der Waals surface area contributed by atoms with Crippen LogP contribution in [0.15, 0.2) is 17.2 Å². The van der Waals surface area contributed by atoms with Gasteiger partial charge in [0.2, 0.25) is 10.0 Å². The van der Waals surface area contributed by atoms with Crippen LogP contribution in [0.1, 0.15) is 38.8 Å². The maximum absolute atomic E-state index is 12.6. The van der Waals surface area contributed by atoms with E-state index in [9.17, 15) is 13.5 Å². The second-order valence-electron chi connectivity index (χ2n) is 5.13. The molecule has 0 radical (unpaired) electrons. The largest absolute Gasteiger partial charge is 0.390 e. The van der Waals surface area contributed by atoms with Crippen molar-refractivity contribution in [3.05, 3.63) is 18.0 Å². The van der Waals surface area contributed by atoms with E-state index in [1.807, 2.05) is 18.4 Å². The van der Waals surface area contributed by atoms with E-state index in [-0.39, 0.29) is 12.6 Å². The van der Waals surface area contributed by atoms with Crippen molar-refractivity contribution in [3.63, 3.8) is 0 Å². The molecule has 0 amide bonds. The van der Waals surface area contributed by atoms with E-state index < -0.39 is 10.0 Å². The fraction of sp³-hybridized carbons (Fsp3) is 0.692. The van der Waals surface area contributed by atoms with Gasteiger partial charge in [-0.15, -0.1) is 0 Å². The molecule has 1 aliphatic heterocycles. The van der Waals surface area contributed by atoms with Crippen molar-refractivity contribution >= 4 is 10.0 Å². The van der Waals surface area contributed by atoms with Gasteiger partial charge in [0.25, 0.3) is 0 Å². The average Bonchev–Trinajstić information content (AvgIpc) is 2.96. The molecule has 108 valence electrons. The van der Waals surface area contributed by atoms with Crippen LogP contribution in [0.4, 0.5) is 0 Å². The predicted octanol–water partition coefficient (Wildman–Crippen LogP) is 1.56. The van der Waals surface area contributed by atoms with Crippen molar-refractivity contribution in [3.8, 4) is 0 Å². The van der Waals surface area contributed by atoms with E-state index in [4.69, 9.17) is 0 Å². The zero-order valence-corrected chi connectivity index (χ0v) is 12.4. The topological polar surface area (TPSA) is 62.5 Å². The fourth-order valence-corrected chi connectivity index (χ4v) is 4.41. The van der Waals surface area contributed by atoms with E-state index in [0.29, 0.717) is 17.1 Å². The third-order valence-corrected chi connectivity index (χ3v) is 5.66. The van der Waals surface area contributed by atoms with E-state index in [1.165, 1.54) is 0 Å². The number of sulfonamides is 1. The van der Waals surface area contributed by atoms with Gasteiger partial charge < -0.3 is 9.67 Å². The molecule has 1 N–H and O–H groups in total. The third kappa shape index (κ3) is 2.70. The molecule has 0 saturated carbocycles. The van der Waals surface area contributed by atoms with Crippen LogP contribution < -0.4 is 0 Å². The van der Waals surface area contributed by atoms with Crippen LogP contribution in [0, 0.1) is 0 Å². The van der Waals surface area contributed by atoms with Gasteiger partial charge in [0, 0.05) is 31.0 Å². The maximum Gasteiger partial charge on any atom is 0.244 e. The number of aromatic nitrogens is 1. The Kier molecular flexibility index (Phi) is 4.32. The van der Waals surface area contributed by atoms with Gasteiger partial charge in [-0.1, -0.05) is 6.92 Å². The Balaban J connectivity index is 2.35. The van der Waals surface area contributed by atoms with Crippen molar-refractivity contribution in [2.75, 3.05) is 6.54 Å². The summed E-state index contributed by atoms with van der Waals surface area (Å²) in [5.41, 5.74) is 0.660. The second kappa shape index (κ2) is 5.64. The van der Waals surface area contributed by atoms with Gasteiger partial charge in [0.15, 0.2) is 0 Å². The number of hydrogen-bond acceptors (Lipinski definition) is 3. The van der Waals surface area contributed by atoms with Crippen molar-refractivity contribution in [2.24, 2.45) is 0 Å². The molecule has 6 heteroatoms. The molecule has 1 saturated heterocycles. The molecule has 0 bridgehead atoms. The van der Waals surface area contributed by atoms with Crippen LogP contribution in [0.3, 0.4) is 0 Å². The number of hydrogen-bond donors (Lipinski definition) is 1. The van der Waals surface area contributed by atoms with Crippen LogP contribution in [0.5, 0.6) is 0 Å². The molecule has 1 aliphatic rings. The zero-order valence-electron chi connectivity index (χ0n) is 11.5. The van der Waals surface area contributed by atoms with Crippen molar-refractivity contribution in [2.45, 2.75) is 57.2 Å². The normalized spacial score (nSPS) is 21.1. The first-order valence-electron chi connectivity index (χ1n) is 6.82. The fourth-order valence-electron chi connectivity index (χ4n) is 2.65. The van der Waals surface area contributed by atoms with Gasteiger partial charge in [-0.25, -0.2) is 8.42 Å². The summed E-state index contributed by atoms with van der Waals surface area (Å²) in [6.07, 6.45) is 4.39. The molecule has 2 heterocycles. The van der Waals surface area contributed by atoms with Crippen molar-refractivity contribution in [1.82, 2.24) is 8.87 Å². The number of rotatable bonds is 5. The van der Waals surface area contributed by atoms with Crippen LogP contribution in [-0.4, -0.2) is 35.0 Å². The zero-order chi connectivity index (χ0) is 14.0. The third-order valence-electron chi connectivity index (χ3n) is 3.69. The van der Waals surface area contributed by atoms with E-state index in [2.05, 4.69) is 0 Å². The highest BCUT2D eigenvalue weighted by Gasteiger charge is 2.33. The molecule has 2 rings (SSSR count). The lowest BCUT2D eigenvalue weighted by Gasteiger charge is -2.19. The molecule has 1 aromatic heterocycles. The molecular formula is C13H22N2O3S. The van der Waals surface area contributed by atoms with Crippen LogP contribution in [-0.2, 0) is 23.2 Å². The Morgan fingerprint density at radius 2 is 2.21 bits per heavy atom. The minimum absolute atomic E-state index is 0.0668. The first kappa shape index (κ1) is 14.6. The summed E-state index contributed by atoms with van der Waals surface area (Å²) < 4.78 is 28.5. The standard InChI is InChI=1S/C13H22N2O3S/c1-3-6-14-9-13(8-12(14)10-16)19(17,18)15-7-4-5-11(15)2/h8-9,11,16H,3-7,10H2,1-2H3. The highest BCUT2D eigenvalue weighted by Crippen LogP contribution is 2.27. The van der Waals surface area contributed by atoms with Gasteiger partial charge in [0.1, 0.15) is 4.90 Å². The Morgan fingerprint density at radius 1 is 1.47 bits per heavy atom. The molecule has 1 atom stereocenters. The van der Waals surface area contributed by atoms with Crippen LogP contribution in [0.2, 0.25) is 0 Å². The summed E-state index contributed by atoms with van der Waals surface area (Å²) in [5.74, 6) is 0. The molecule has 1 unspecified atom stereocenters. The summed E-state index contributed by atoms with van der Waals surface area (Å²) >= 11 is 0. The minimum Gasteiger partial charge on any atom is -0.390 e. The number of aryl methyl sites for hydroxylation is 1. The van der Waals surface area contributed by atoms with Crippen LogP contribution >= 0.6 is 0 Å². The number of nitrogens with zero attached hydrogens (tertiary/aromatic N) is 2. The SMILES string of the molecule is CCCn1cc(S(=O)(=O)N2CCCC2C)cc1CO. The second-order valence-corrected chi connectivity index (χ2v) is 7.02. The van der Waals surface area contributed by atoms with Gasteiger partial charge in [-0.2, -0.15) is 4.31 Å². The molecule has 5 nitrogen and oxygen atoms in total. The summed E-state index contributed by atoms with van der Waals surface area (Å²) in [5, 5.41) is 9.31. The van der Waals surface area contributed by atoms with Crippen molar-refractivity contribution in [1.29, 1.82) is 0 Å². The average molecular weight is 286 g/mol. The Morgan fingerprint density at radius 3 is 2.74 bits per heavy atom. The Labute approximate surface area is 114 Å². The molecule has 0 spiro atoms. The highest BCUT2D eigenvalue weighted by molar-refractivity contribution is 7.89. The van der Waals surface area contributed by atoms with E-state index in [1.54, 1.807) is 16.6 Å². The maximum atomic E-state index is 12.6. The highest BCUT2D eigenvalue weighted by atomic mass is 32.2. The smallest absolute Gasteiger partial charge is 0.244 e. The Hall–Kier alpha value is -0.850. The van der Waals surface area contributed by atoms with E-state index >= 15 is 0 Å². The molecule has 0 aromatic carbocycles. The minimum atomic E-state index is -3.42. The quantitative estimate of drug-likeness (QED) is 0.893. The predicted molar refractivity (Wildman–Crippen MR) is 73.2 cm³/mol. The first-order valence-corrected chi connectivity index (χ1v) is 8.26. The summed E-state index contributed by atoms with van der Waals surface area (Å²) in [7, 11) is -3.42. The summed E-state index contributed by atoms with van der Waals surface area (Å²) in [6, 6.07) is 1.66. The number of aliphatic hydroxyl groups excluding tert-OH is 1. The van der Waals surface area contributed by atoms with Gasteiger partial charge in [-0.3, -0.25) is 0 Å². The molecule has 1 aromatic rings. The summed E-state index contributed by atoms with van der Waals surface area (Å²) in [4.78, 5) is 0.304. The lowest BCUT2D eigenvalue weighted by molar-refractivity contribution is 0.270. The monoisotopic (exact) mass is 286 g/mol. The molecule has 1 fully saturated rings. The molecule has 19 heavy (non-hydrogen) atoms. The van der Waals surface area contributed by atoms with Gasteiger partial charge >= 0.3 is 0 Å². The number of aliphatic hydroxyl groups is 1. The van der Waals surface area contributed by atoms with Crippen molar-refractivity contribution < 1.29 is 13.5 Å². The summed E-state index contributed by atoms with van der Waals surface area (Å²) in [6.45, 7) is 5.15. The van der Waals surface area contributed by atoms with Gasteiger partial charge in [0.05, 0.1) is 6.61 Å². The molecular weight excluding hydrogens is 264 g/mol. The first-order chi connectivity index (χ1) is 9.00. The lowest BCUT2D eigenvalue weighted by atomic mass is 10.3. The van der Waals surface area contributed by atoms with Crippen LogP contribution in [0.25, 0.3) is 0 Å². The van der Waals surface area contributed by atoms with Gasteiger partial charge in [-0.05, 0) is 32.3 Å². The molecule has 0 aliphatic carbocycles. The Bertz CT molecular complexity index is 536. The lowest BCUT2D eigenvalue weighted by Crippen LogP contribution is -2.33.